The van der Waals surface area contributed by atoms with Crippen LogP contribution in [0.25, 0.3) is 5.82 Å². The van der Waals surface area contributed by atoms with E-state index in [0.29, 0.717) is 18.1 Å². The van der Waals surface area contributed by atoms with E-state index in [1.54, 1.807) is 36.3 Å². The monoisotopic (exact) mass is 283 g/mol. The van der Waals surface area contributed by atoms with Gasteiger partial charge in [0.1, 0.15) is 5.76 Å². The minimum atomic E-state index is -0.290. The van der Waals surface area contributed by atoms with E-state index in [1.807, 2.05) is 18.2 Å². The van der Waals surface area contributed by atoms with Crippen molar-refractivity contribution in [2.45, 2.75) is 13.5 Å². The summed E-state index contributed by atoms with van der Waals surface area (Å²) in [7, 11) is 0. The molecule has 0 aliphatic rings. The molecule has 1 amide bonds. The summed E-state index contributed by atoms with van der Waals surface area (Å²) in [5, 5.41) is 10.6. The van der Waals surface area contributed by atoms with Gasteiger partial charge < -0.3 is 9.84 Å². The summed E-state index contributed by atoms with van der Waals surface area (Å²) in [6.45, 7) is 2.06. The Kier molecular flexibility index (Phi) is 3.46. The zero-order chi connectivity index (χ0) is 14.7. The Balaban J connectivity index is 1.75. The molecule has 0 aliphatic heterocycles. The van der Waals surface area contributed by atoms with E-state index in [2.05, 4.69) is 20.6 Å². The van der Waals surface area contributed by atoms with Crippen LogP contribution in [0, 0.1) is 6.92 Å². The molecule has 0 radical (unpaired) electrons. The third kappa shape index (κ3) is 2.81. The van der Waals surface area contributed by atoms with E-state index in [1.165, 1.54) is 0 Å². The van der Waals surface area contributed by atoms with Gasteiger partial charge in [-0.2, -0.15) is 5.10 Å². The molecule has 0 spiro atoms. The molecule has 0 bridgehead atoms. The Labute approximate surface area is 120 Å². The van der Waals surface area contributed by atoms with E-state index < -0.39 is 0 Å². The van der Waals surface area contributed by atoms with Crippen molar-refractivity contribution in [1.82, 2.24) is 25.2 Å². The van der Waals surface area contributed by atoms with Gasteiger partial charge in [-0.3, -0.25) is 4.79 Å². The normalized spacial score (nSPS) is 10.5. The maximum absolute atomic E-state index is 12.0. The summed E-state index contributed by atoms with van der Waals surface area (Å²) in [6, 6.07) is 7.11. The lowest BCUT2D eigenvalue weighted by Gasteiger charge is -2.08. The predicted molar refractivity (Wildman–Crippen MR) is 73.8 cm³/mol. The maximum atomic E-state index is 12.0. The van der Waals surface area contributed by atoms with Gasteiger partial charge in [0.25, 0.3) is 5.91 Å². The third-order valence-electron chi connectivity index (χ3n) is 2.89. The van der Waals surface area contributed by atoms with Crippen LogP contribution in [0.15, 0.2) is 47.4 Å². The Bertz CT molecular complexity index is 748. The van der Waals surface area contributed by atoms with Gasteiger partial charge in [-0.05, 0) is 19.1 Å². The predicted octanol–water partition coefficient (Wildman–Crippen LogP) is 1.49. The van der Waals surface area contributed by atoms with Gasteiger partial charge in [0.2, 0.25) is 0 Å². The van der Waals surface area contributed by atoms with Crippen molar-refractivity contribution >= 4 is 5.91 Å². The lowest BCUT2D eigenvalue weighted by molar-refractivity contribution is 0.0942. The zero-order valence-electron chi connectivity index (χ0n) is 11.4. The molecule has 21 heavy (non-hydrogen) atoms. The van der Waals surface area contributed by atoms with Gasteiger partial charge >= 0.3 is 0 Å². The highest BCUT2D eigenvalue weighted by Crippen LogP contribution is 2.10. The molecule has 7 heteroatoms. The number of nitrogens with zero attached hydrogens (tertiary/aromatic N) is 4. The summed E-state index contributed by atoms with van der Waals surface area (Å²) in [5.74, 6) is 0.986. The highest BCUT2D eigenvalue weighted by atomic mass is 16.5. The first-order valence-corrected chi connectivity index (χ1v) is 6.39. The van der Waals surface area contributed by atoms with E-state index >= 15 is 0 Å². The first kappa shape index (κ1) is 13.0. The summed E-state index contributed by atoms with van der Waals surface area (Å²) in [5.41, 5.74) is 1.12. The summed E-state index contributed by atoms with van der Waals surface area (Å²) in [4.78, 5) is 16.2. The topological polar surface area (TPSA) is 85.8 Å². The summed E-state index contributed by atoms with van der Waals surface area (Å²) < 4.78 is 6.54. The molecule has 0 saturated heterocycles. The quantitative estimate of drug-likeness (QED) is 0.784. The average Bonchev–Trinajstić information content (AvgIpc) is 3.16. The smallest absolute Gasteiger partial charge is 0.273 e. The minimum absolute atomic E-state index is 0.261. The van der Waals surface area contributed by atoms with Gasteiger partial charge in [-0.15, -0.1) is 0 Å². The van der Waals surface area contributed by atoms with Crippen LogP contribution in [-0.2, 0) is 6.54 Å². The molecule has 3 aromatic rings. The van der Waals surface area contributed by atoms with Gasteiger partial charge in [0.15, 0.2) is 11.5 Å². The number of carbonyl (C=O) groups is 1. The highest BCUT2D eigenvalue weighted by molar-refractivity contribution is 5.92. The zero-order valence-corrected chi connectivity index (χ0v) is 11.4. The number of hydrogen-bond acceptors (Lipinski definition) is 5. The van der Waals surface area contributed by atoms with Crippen molar-refractivity contribution in [2.24, 2.45) is 0 Å². The van der Waals surface area contributed by atoms with Crippen LogP contribution >= 0.6 is 0 Å². The van der Waals surface area contributed by atoms with Crippen molar-refractivity contribution in [3.63, 3.8) is 0 Å². The van der Waals surface area contributed by atoms with Crippen LogP contribution in [0.4, 0.5) is 0 Å². The van der Waals surface area contributed by atoms with Crippen LogP contribution in [0.3, 0.4) is 0 Å². The number of nitrogens with one attached hydrogen (secondary N) is 1. The van der Waals surface area contributed by atoms with Crippen LogP contribution in [-0.4, -0.2) is 25.8 Å². The van der Waals surface area contributed by atoms with Gasteiger partial charge in [-0.25, -0.2) is 9.67 Å². The number of carbonyl (C=O) groups excluding carboxylic acids is 1. The fraction of sp³-hybridized carbons (Fsp3) is 0.143. The standard InChI is InChI=1S/C14H13N5O2/c1-10-8-12(18-21-10)14(20)16-9-11-4-2-5-15-13(11)19-7-3-6-17-19/h2-8H,9H2,1H3,(H,16,20). The van der Waals surface area contributed by atoms with Crippen molar-refractivity contribution < 1.29 is 9.32 Å². The molecule has 106 valence electrons. The van der Waals surface area contributed by atoms with Crippen LogP contribution in [0.2, 0.25) is 0 Å². The molecule has 3 aromatic heterocycles. The Morgan fingerprint density at radius 1 is 1.38 bits per heavy atom. The fourth-order valence-electron chi connectivity index (χ4n) is 1.91. The molecule has 7 nitrogen and oxygen atoms in total. The molecule has 0 fully saturated rings. The van der Waals surface area contributed by atoms with E-state index in [-0.39, 0.29) is 11.6 Å². The van der Waals surface area contributed by atoms with Crippen molar-refractivity contribution in [3.05, 3.63) is 59.9 Å². The molecule has 0 atom stereocenters. The number of amides is 1. The van der Waals surface area contributed by atoms with Gasteiger partial charge in [0, 0.05) is 36.8 Å². The number of hydrogen-bond donors (Lipinski definition) is 1. The third-order valence-corrected chi connectivity index (χ3v) is 2.89. The van der Waals surface area contributed by atoms with Gasteiger partial charge in [0.05, 0.1) is 0 Å². The van der Waals surface area contributed by atoms with Crippen LogP contribution in [0.5, 0.6) is 0 Å². The number of rotatable bonds is 4. The molecule has 0 aliphatic carbocycles. The number of aromatic nitrogens is 4. The Morgan fingerprint density at radius 2 is 2.29 bits per heavy atom. The van der Waals surface area contributed by atoms with Crippen LogP contribution < -0.4 is 5.32 Å². The van der Waals surface area contributed by atoms with Crippen LogP contribution in [0.1, 0.15) is 21.8 Å². The second kappa shape index (κ2) is 5.58. The van der Waals surface area contributed by atoms with E-state index in [9.17, 15) is 4.79 Å². The van der Waals surface area contributed by atoms with Crippen molar-refractivity contribution in [1.29, 1.82) is 0 Å². The maximum Gasteiger partial charge on any atom is 0.273 e. The molecular weight excluding hydrogens is 270 g/mol. The fourth-order valence-corrected chi connectivity index (χ4v) is 1.91. The molecule has 0 saturated carbocycles. The second-order valence-corrected chi connectivity index (χ2v) is 4.44. The Hall–Kier alpha value is -2.96. The van der Waals surface area contributed by atoms with E-state index in [4.69, 9.17) is 4.52 Å². The molecule has 0 unspecified atom stereocenters. The molecular formula is C14H13N5O2. The number of pyridine rings is 1. The lowest BCUT2D eigenvalue weighted by Crippen LogP contribution is -2.24. The molecule has 0 aromatic carbocycles. The highest BCUT2D eigenvalue weighted by Gasteiger charge is 2.12. The number of aryl methyl sites for hydroxylation is 1. The van der Waals surface area contributed by atoms with Crippen molar-refractivity contribution in [3.8, 4) is 5.82 Å². The lowest BCUT2D eigenvalue weighted by atomic mass is 10.2. The van der Waals surface area contributed by atoms with Crippen molar-refractivity contribution in [2.75, 3.05) is 0 Å². The average molecular weight is 283 g/mol. The summed E-state index contributed by atoms with van der Waals surface area (Å²) >= 11 is 0. The largest absolute Gasteiger partial charge is 0.361 e. The van der Waals surface area contributed by atoms with Gasteiger partial charge in [-0.1, -0.05) is 11.2 Å². The summed E-state index contributed by atoms with van der Waals surface area (Å²) in [6.07, 6.45) is 5.16. The first-order chi connectivity index (χ1) is 10.2. The molecule has 1 N–H and O–H groups in total. The second-order valence-electron chi connectivity index (χ2n) is 4.44. The molecule has 3 rings (SSSR count). The van der Waals surface area contributed by atoms with E-state index in [0.717, 1.165) is 5.56 Å². The SMILES string of the molecule is Cc1cc(C(=O)NCc2cccnc2-n2cccn2)no1. The molecule has 3 heterocycles. The Morgan fingerprint density at radius 3 is 3.00 bits per heavy atom. The minimum Gasteiger partial charge on any atom is -0.361 e. The first-order valence-electron chi connectivity index (χ1n) is 6.39.